The fourth-order valence-corrected chi connectivity index (χ4v) is 5.09. The van der Waals surface area contributed by atoms with Crippen molar-refractivity contribution in [1.82, 2.24) is 4.31 Å². The smallest absolute Gasteiger partial charge is 0.252 e. The van der Waals surface area contributed by atoms with Gasteiger partial charge >= 0.3 is 0 Å². The van der Waals surface area contributed by atoms with Crippen molar-refractivity contribution in [1.29, 1.82) is 0 Å². The molecule has 1 saturated heterocycles. The number of rotatable bonds is 3. The molecule has 0 saturated carbocycles. The lowest BCUT2D eigenvalue weighted by Crippen LogP contribution is -2.41. The number of hydrogen-bond acceptors (Lipinski definition) is 4. The van der Waals surface area contributed by atoms with Crippen LogP contribution in [0.15, 0.2) is 50.5 Å². The molecule has 1 aromatic carbocycles. The van der Waals surface area contributed by atoms with Gasteiger partial charge in [-0.15, -0.1) is 11.3 Å². The van der Waals surface area contributed by atoms with Gasteiger partial charge in [0.2, 0.25) is 0 Å². The summed E-state index contributed by atoms with van der Waals surface area (Å²) >= 11 is 4.64. The van der Waals surface area contributed by atoms with Gasteiger partial charge in [0.25, 0.3) is 10.0 Å². The molecule has 0 radical (unpaired) electrons. The van der Waals surface area contributed by atoms with Gasteiger partial charge in [0, 0.05) is 17.6 Å². The van der Waals surface area contributed by atoms with Gasteiger partial charge in [0.05, 0.1) is 12.7 Å². The van der Waals surface area contributed by atoms with Crippen LogP contribution in [0.2, 0.25) is 0 Å². The Morgan fingerprint density at radius 2 is 2.00 bits per heavy atom. The number of halogens is 1. The lowest BCUT2D eigenvalue weighted by Gasteiger charge is -2.32. The summed E-state index contributed by atoms with van der Waals surface area (Å²) in [6.07, 6.45) is -0.221. The molecule has 7 heteroatoms. The predicted octanol–water partition coefficient (Wildman–Crippen LogP) is 3.27. The largest absolute Gasteiger partial charge is 0.371 e. The van der Waals surface area contributed by atoms with Crippen LogP contribution >= 0.6 is 27.3 Å². The number of benzene rings is 1. The first-order valence-electron chi connectivity index (χ1n) is 6.48. The van der Waals surface area contributed by atoms with E-state index in [4.69, 9.17) is 4.74 Å². The first-order chi connectivity index (χ1) is 10.1. The molecule has 1 fully saturated rings. The average molecular weight is 388 g/mol. The van der Waals surface area contributed by atoms with Crippen LogP contribution in [0.1, 0.15) is 11.7 Å². The van der Waals surface area contributed by atoms with Crippen molar-refractivity contribution in [3.8, 4) is 0 Å². The molecule has 21 heavy (non-hydrogen) atoms. The standard InChI is InChI=1S/C14H14BrNO3S2/c15-12-5-3-11(4-6-12)13-10-16(7-8-19-13)21(17,18)14-2-1-9-20-14/h1-6,9,13H,7-8,10H2. The normalized spacial score (nSPS) is 20.5. The Bertz CT molecular complexity index is 698. The van der Waals surface area contributed by atoms with Crippen LogP contribution in [0.5, 0.6) is 0 Å². The molecule has 1 aromatic heterocycles. The zero-order chi connectivity index (χ0) is 14.9. The summed E-state index contributed by atoms with van der Waals surface area (Å²) in [6, 6.07) is 11.2. The second-order valence-electron chi connectivity index (χ2n) is 4.71. The highest BCUT2D eigenvalue weighted by molar-refractivity contribution is 9.10. The van der Waals surface area contributed by atoms with Gasteiger partial charge in [-0.05, 0) is 29.1 Å². The van der Waals surface area contributed by atoms with E-state index in [1.165, 1.54) is 15.6 Å². The minimum absolute atomic E-state index is 0.221. The van der Waals surface area contributed by atoms with Crippen LogP contribution in [-0.2, 0) is 14.8 Å². The Kier molecular flexibility index (Phi) is 4.46. The van der Waals surface area contributed by atoms with Gasteiger partial charge in [0.1, 0.15) is 4.21 Å². The van der Waals surface area contributed by atoms with E-state index in [2.05, 4.69) is 15.9 Å². The minimum Gasteiger partial charge on any atom is -0.371 e. The number of hydrogen-bond donors (Lipinski definition) is 0. The Balaban J connectivity index is 1.82. The van der Waals surface area contributed by atoms with Crippen LogP contribution in [0.3, 0.4) is 0 Å². The van der Waals surface area contributed by atoms with Crippen molar-refractivity contribution >= 4 is 37.3 Å². The van der Waals surface area contributed by atoms with Gasteiger partial charge in [-0.2, -0.15) is 4.31 Å². The lowest BCUT2D eigenvalue weighted by molar-refractivity contribution is -0.00250. The zero-order valence-corrected chi connectivity index (χ0v) is 14.3. The second kappa shape index (κ2) is 6.18. The SMILES string of the molecule is O=S(=O)(c1cccs1)N1CCOC(c2ccc(Br)cc2)C1. The highest BCUT2D eigenvalue weighted by Crippen LogP contribution is 2.28. The molecular weight excluding hydrogens is 374 g/mol. The van der Waals surface area contributed by atoms with E-state index in [0.717, 1.165) is 10.0 Å². The van der Waals surface area contributed by atoms with Gasteiger partial charge in [-0.25, -0.2) is 8.42 Å². The third kappa shape index (κ3) is 3.22. The van der Waals surface area contributed by atoms with Crippen molar-refractivity contribution in [3.05, 3.63) is 51.8 Å². The first-order valence-corrected chi connectivity index (χ1v) is 9.59. The number of ether oxygens (including phenoxy) is 1. The van der Waals surface area contributed by atoms with Crippen molar-refractivity contribution in [3.63, 3.8) is 0 Å². The Labute approximate surface area is 136 Å². The van der Waals surface area contributed by atoms with E-state index >= 15 is 0 Å². The maximum atomic E-state index is 12.6. The fraction of sp³-hybridized carbons (Fsp3) is 0.286. The molecular formula is C14H14BrNO3S2. The summed E-state index contributed by atoms with van der Waals surface area (Å²) in [4.78, 5) is 0. The molecule has 0 amide bonds. The molecule has 1 aliphatic rings. The molecule has 0 spiro atoms. The third-order valence-electron chi connectivity index (χ3n) is 3.36. The van der Waals surface area contributed by atoms with Crippen molar-refractivity contribution < 1.29 is 13.2 Å². The Morgan fingerprint density at radius 1 is 1.24 bits per heavy atom. The van der Waals surface area contributed by atoms with Crippen LogP contribution in [0, 0.1) is 0 Å². The summed E-state index contributed by atoms with van der Waals surface area (Å²) < 4.78 is 33.7. The molecule has 1 unspecified atom stereocenters. The maximum absolute atomic E-state index is 12.6. The van der Waals surface area contributed by atoms with Crippen LogP contribution in [0.4, 0.5) is 0 Å². The van der Waals surface area contributed by atoms with Crippen LogP contribution < -0.4 is 0 Å². The lowest BCUT2D eigenvalue weighted by atomic mass is 10.1. The number of morpholine rings is 1. The minimum atomic E-state index is -3.41. The van der Waals surface area contributed by atoms with Crippen LogP contribution in [-0.4, -0.2) is 32.4 Å². The topological polar surface area (TPSA) is 46.6 Å². The number of nitrogens with zero attached hydrogens (tertiary/aromatic N) is 1. The monoisotopic (exact) mass is 387 g/mol. The summed E-state index contributed by atoms with van der Waals surface area (Å²) in [7, 11) is -3.41. The highest BCUT2D eigenvalue weighted by atomic mass is 79.9. The molecule has 2 aromatic rings. The molecule has 1 aliphatic heterocycles. The number of sulfonamides is 1. The Morgan fingerprint density at radius 3 is 2.67 bits per heavy atom. The maximum Gasteiger partial charge on any atom is 0.252 e. The third-order valence-corrected chi connectivity index (χ3v) is 7.13. The van der Waals surface area contributed by atoms with E-state index in [0.29, 0.717) is 23.9 Å². The molecule has 0 N–H and O–H groups in total. The molecule has 3 rings (SSSR count). The van der Waals surface area contributed by atoms with E-state index in [1.807, 2.05) is 24.3 Å². The summed E-state index contributed by atoms with van der Waals surface area (Å²) in [5, 5.41) is 1.78. The van der Waals surface area contributed by atoms with E-state index in [1.54, 1.807) is 17.5 Å². The van der Waals surface area contributed by atoms with E-state index in [9.17, 15) is 8.42 Å². The van der Waals surface area contributed by atoms with Crippen molar-refractivity contribution in [2.45, 2.75) is 10.3 Å². The molecule has 2 heterocycles. The first kappa shape index (κ1) is 15.2. The fourth-order valence-electron chi connectivity index (χ4n) is 2.26. The molecule has 1 atom stereocenters. The summed E-state index contributed by atoms with van der Waals surface area (Å²) in [5.74, 6) is 0. The molecule has 0 aliphatic carbocycles. The van der Waals surface area contributed by atoms with Gasteiger partial charge < -0.3 is 4.74 Å². The predicted molar refractivity (Wildman–Crippen MR) is 85.9 cm³/mol. The second-order valence-corrected chi connectivity index (χ2v) is 8.73. The van der Waals surface area contributed by atoms with E-state index < -0.39 is 10.0 Å². The average Bonchev–Trinajstić information content (AvgIpc) is 3.03. The van der Waals surface area contributed by atoms with E-state index in [-0.39, 0.29) is 6.10 Å². The zero-order valence-electron chi connectivity index (χ0n) is 11.1. The van der Waals surface area contributed by atoms with Crippen molar-refractivity contribution in [2.24, 2.45) is 0 Å². The molecule has 4 nitrogen and oxygen atoms in total. The molecule has 112 valence electrons. The quantitative estimate of drug-likeness (QED) is 0.811. The van der Waals surface area contributed by atoms with Gasteiger partial charge in [-0.1, -0.05) is 34.1 Å². The molecule has 0 bridgehead atoms. The summed E-state index contributed by atoms with van der Waals surface area (Å²) in [6.45, 7) is 1.15. The van der Waals surface area contributed by atoms with Gasteiger partial charge in [0.15, 0.2) is 0 Å². The Hall–Kier alpha value is -0.730. The number of thiophene rings is 1. The summed E-state index contributed by atoms with van der Waals surface area (Å²) in [5.41, 5.74) is 0.990. The highest BCUT2D eigenvalue weighted by Gasteiger charge is 2.31. The van der Waals surface area contributed by atoms with Gasteiger partial charge in [-0.3, -0.25) is 0 Å². The van der Waals surface area contributed by atoms with Crippen molar-refractivity contribution in [2.75, 3.05) is 19.7 Å². The van der Waals surface area contributed by atoms with Crippen LogP contribution in [0.25, 0.3) is 0 Å².